The van der Waals surface area contributed by atoms with Crippen LogP contribution in [-0.2, 0) is 11.3 Å². The molecular formula is C22H23N5O2. The Hall–Kier alpha value is -3.48. The number of rotatable bonds is 6. The van der Waals surface area contributed by atoms with Crippen LogP contribution in [0.15, 0.2) is 59.5 Å². The van der Waals surface area contributed by atoms with Gasteiger partial charge in [-0.2, -0.15) is 5.10 Å². The summed E-state index contributed by atoms with van der Waals surface area (Å²) in [5.74, 6) is 0.606. The summed E-state index contributed by atoms with van der Waals surface area (Å²) in [6.07, 6.45) is 2.48. The highest BCUT2D eigenvalue weighted by Crippen LogP contribution is 2.24. The molecule has 148 valence electrons. The fourth-order valence-corrected chi connectivity index (χ4v) is 3.43. The van der Waals surface area contributed by atoms with Crippen molar-refractivity contribution < 1.29 is 4.79 Å². The Morgan fingerprint density at radius 3 is 2.72 bits per heavy atom. The second-order valence-electron chi connectivity index (χ2n) is 7.26. The van der Waals surface area contributed by atoms with E-state index < -0.39 is 0 Å². The lowest BCUT2D eigenvalue weighted by molar-refractivity contribution is -0.123. The summed E-state index contributed by atoms with van der Waals surface area (Å²) < 4.78 is 1.20. The molecule has 0 saturated heterocycles. The Labute approximate surface area is 167 Å². The van der Waals surface area contributed by atoms with E-state index >= 15 is 0 Å². The fourth-order valence-electron chi connectivity index (χ4n) is 3.43. The van der Waals surface area contributed by atoms with Gasteiger partial charge < -0.3 is 10.3 Å². The predicted octanol–water partition coefficient (Wildman–Crippen LogP) is 3.18. The van der Waals surface area contributed by atoms with Gasteiger partial charge in [0.25, 0.3) is 5.56 Å². The number of aromatic nitrogens is 4. The molecule has 2 aromatic carbocycles. The van der Waals surface area contributed by atoms with Crippen LogP contribution in [0.1, 0.15) is 32.1 Å². The van der Waals surface area contributed by atoms with Crippen molar-refractivity contribution in [2.24, 2.45) is 5.92 Å². The molecule has 29 heavy (non-hydrogen) atoms. The highest BCUT2D eigenvalue weighted by molar-refractivity contribution is 5.81. The van der Waals surface area contributed by atoms with Crippen LogP contribution in [0, 0.1) is 5.92 Å². The molecule has 0 aliphatic heterocycles. The number of imidazole rings is 1. The largest absolute Gasteiger partial charge is 0.344 e. The van der Waals surface area contributed by atoms with Gasteiger partial charge in [0, 0.05) is 5.39 Å². The second-order valence-corrected chi connectivity index (χ2v) is 7.26. The first-order valence-corrected chi connectivity index (χ1v) is 9.75. The second kappa shape index (κ2) is 7.87. The first kappa shape index (κ1) is 18.9. The van der Waals surface area contributed by atoms with E-state index in [-0.39, 0.29) is 30.0 Å². The summed E-state index contributed by atoms with van der Waals surface area (Å²) in [5, 5.41) is 8.49. The molecular weight excluding hydrogens is 366 g/mol. The smallest absolute Gasteiger partial charge is 0.275 e. The van der Waals surface area contributed by atoms with Crippen LogP contribution in [0.25, 0.3) is 21.8 Å². The lowest BCUT2D eigenvalue weighted by Crippen LogP contribution is -2.38. The van der Waals surface area contributed by atoms with Gasteiger partial charge in [0.1, 0.15) is 12.4 Å². The monoisotopic (exact) mass is 389 g/mol. The third-order valence-electron chi connectivity index (χ3n) is 5.29. The van der Waals surface area contributed by atoms with Gasteiger partial charge in [0.2, 0.25) is 5.91 Å². The molecule has 0 aliphatic rings. The Kier molecular flexibility index (Phi) is 5.12. The fraction of sp³-hybridized carbons (Fsp3) is 0.273. The Morgan fingerprint density at radius 2 is 1.93 bits per heavy atom. The molecule has 7 heteroatoms. The van der Waals surface area contributed by atoms with Crippen LogP contribution in [0.4, 0.5) is 0 Å². The SMILES string of the molecule is CC[C@@H](C)[C@@H](NC(=O)Cn1ncc2ccccc2c1=O)c1nc2ccccc2[nH]1. The zero-order valence-corrected chi connectivity index (χ0v) is 16.4. The van der Waals surface area contributed by atoms with Crippen LogP contribution in [0.5, 0.6) is 0 Å². The van der Waals surface area contributed by atoms with E-state index in [1.807, 2.05) is 36.4 Å². The number of hydrogen-bond donors (Lipinski definition) is 2. The molecule has 2 N–H and O–H groups in total. The number of nitrogens with zero attached hydrogens (tertiary/aromatic N) is 3. The third kappa shape index (κ3) is 3.76. The molecule has 0 spiro atoms. The number of hydrogen-bond acceptors (Lipinski definition) is 4. The van der Waals surface area contributed by atoms with Gasteiger partial charge in [0.05, 0.1) is 28.7 Å². The van der Waals surface area contributed by atoms with Crippen molar-refractivity contribution in [1.29, 1.82) is 0 Å². The molecule has 2 heterocycles. The van der Waals surface area contributed by atoms with Gasteiger partial charge in [-0.25, -0.2) is 9.67 Å². The van der Waals surface area contributed by atoms with Crippen LogP contribution >= 0.6 is 0 Å². The summed E-state index contributed by atoms with van der Waals surface area (Å²) in [7, 11) is 0. The maximum atomic E-state index is 12.8. The zero-order valence-electron chi connectivity index (χ0n) is 16.4. The van der Waals surface area contributed by atoms with Crippen molar-refractivity contribution in [2.45, 2.75) is 32.9 Å². The summed E-state index contributed by atoms with van der Waals surface area (Å²) in [6, 6.07) is 14.7. The minimum atomic E-state index is -0.281. The lowest BCUT2D eigenvalue weighted by Gasteiger charge is -2.22. The quantitative estimate of drug-likeness (QED) is 0.530. The van der Waals surface area contributed by atoms with Crippen LogP contribution in [0.2, 0.25) is 0 Å². The molecule has 0 radical (unpaired) electrons. The van der Waals surface area contributed by atoms with E-state index in [9.17, 15) is 9.59 Å². The molecule has 0 saturated carbocycles. The number of benzene rings is 2. The van der Waals surface area contributed by atoms with E-state index in [1.54, 1.807) is 18.3 Å². The highest BCUT2D eigenvalue weighted by Gasteiger charge is 2.24. The molecule has 0 aliphatic carbocycles. The van der Waals surface area contributed by atoms with Gasteiger partial charge in [0.15, 0.2) is 0 Å². The van der Waals surface area contributed by atoms with E-state index in [1.165, 1.54) is 4.68 Å². The van der Waals surface area contributed by atoms with Crippen LogP contribution < -0.4 is 10.9 Å². The predicted molar refractivity (Wildman–Crippen MR) is 112 cm³/mol. The van der Waals surface area contributed by atoms with Crippen LogP contribution in [0.3, 0.4) is 0 Å². The molecule has 0 bridgehead atoms. The van der Waals surface area contributed by atoms with E-state index in [4.69, 9.17) is 0 Å². The van der Waals surface area contributed by atoms with Crippen LogP contribution in [-0.4, -0.2) is 25.7 Å². The molecule has 4 rings (SSSR count). The topological polar surface area (TPSA) is 92.7 Å². The van der Waals surface area contributed by atoms with Crippen molar-refractivity contribution in [1.82, 2.24) is 25.1 Å². The van der Waals surface area contributed by atoms with Crippen molar-refractivity contribution in [3.63, 3.8) is 0 Å². The summed E-state index contributed by atoms with van der Waals surface area (Å²) >= 11 is 0. The maximum absolute atomic E-state index is 12.8. The molecule has 2 aromatic heterocycles. The van der Waals surface area contributed by atoms with Gasteiger partial charge in [-0.05, 0) is 24.1 Å². The molecule has 1 amide bonds. The number of aromatic amines is 1. The Balaban J connectivity index is 1.59. The first-order valence-electron chi connectivity index (χ1n) is 9.75. The molecule has 2 atom stereocenters. The number of nitrogens with one attached hydrogen (secondary N) is 2. The molecule has 0 unspecified atom stereocenters. The minimum absolute atomic E-state index is 0.142. The molecule has 7 nitrogen and oxygen atoms in total. The zero-order chi connectivity index (χ0) is 20.4. The number of amides is 1. The van der Waals surface area contributed by atoms with E-state index in [0.717, 1.165) is 22.8 Å². The lowest BCUT2D eigenvalue weighted by atomic mass is 9.98. The summed E-state index contributed by atoms with van der Waals surface area (Å²) in [4.78, 5) is 33.3. The number of carbonyl (C=O) groups is 1. The minimum Gasteiger partial charge on any atom is -0.344 e. The van der Waals surface area contributed by atoms with Gasteiger partial charge in [-0.15, -0.1) is 0 Å². The Morgan fingerprint density at radius 1 is 1.17 bits per heavy atom. The van der Waals surface area contributed by atoms with Gasteiger partial charge >= 0.3 is 0 Å². The number of carbonyl (C=O) groups excluding carboxylic acids is 1. The number of H-pyrrole nitrogens is 1. The van der Waals surface area contributed by atoms with Gasteiger partial charge in [-0.3, -0.25) is 9.59 Å². The normalized spacial score (nSPS) is 13.4. The standard InChI is InChI=1S/C22H23N5O2/c1-3-14(2)20(21-24-17-10-6-7-11-18(17)25-21)26-19(28)13-27-22(29)16-9-5-4-8-15(16)12-23-27/h4-12,14,20H,3,13H2,1-2H3,(H,24,25)(H,26,28)/t14-,20-/m1/s1. The number of para-hydroxylation sites is 2. The maximum Gasteiger partial charge on any atom is 0.275 e. The molecule has 0 fully saturated rings. The average Bonchev–Trinajstić information content (AvgIpc) is 3.17. The molecule has 4 aromatic rings. The first-order chi connectivity index (χ1) is 14.1. The van der Waals surface area contributed by atoms with E-state index in [2.05, 4.69) is 34.2 Å². The average molecular weight is 389 g/mol. The van der Waals surface area contributed by atoms with Crippen molar-refractivity contribution in [2.75, 3.05) is 0 Å². The van der Waals surface area contributed by atoms with Crippen molar-refractivity contribution in [3.8, 4) is 0 Å². The van der Waals surface area contributed by atoms with Crippen molar-refractivity contribution >= 4 is 27.7 Å². The van der Waals surface area contributed by atoms with Gasteiger partial charge in [-0.1, -0.05) is 50.6 Å². The summed E-state index contributed by atoms with van der Waals surface area (Å²) in [5.41, 5.74) is 1.51. The third-order valence-corrected chi connectivity index (χ3v) is 5.29. The summed E-state index contributed by atoms with van der Waals surface area (Å²) in [6.45, 7) is 4.00. The van der Waals surface area contributed by atoms with E-state index in [0.29, 0.717) is 11.2 Å². The van der Waals surface area contributed by atoms with Crippen molar-refractivity contribution in [3.05, 3.63) is 70.9 Å². The Bertz CT molecular complexity index is 1190. The highest BCUT2D eigenvalue weighted by atomic mass is 16.2. The number of fused-ring (bicyclic) bond motifs is 2.